The van der Waals surface area contributed by atoms with E-state index in [-0.39, 0.29) is 6.04 Å². The van der Waals surface area contributed by atoms with Crippen LogP contribution in [-0.2, 0) is 4.74 Å². The van der Waals surface area contributed by atoms with Crippen LogP contribution in [0.25, 0.3) is 0 Å². The van der Waals surface area contributed by atoms with Crippen molar-refractivity contribution in [3.05, 3.63) is 35.9 Å². The lowest BCUT2D eigenvalue weighted by molar-refractivity contribution is 0.0503. The van der Waals surface area contributed by atoms with E-state index >= 15 is 0 Å². The van der Waals surface area contributed by atoms with Crippen molar-refractivity contribution in [3.63, 3.8) is 0 Å². The van der Waals surface area contributed by atoms with E-state index in [0.717, 1.165) is 0 Å². The number of alkyl carbamates (subject to hydrolysis) is 1. The molecule has 1 N–H and O–H groups in total. The molecule has 5 nitrogen and oxygen atoms in total. The van der Waals surface area contributed by atoms with E-state index in [1.165, 1.54) is 6.33 Å². The van der Waals surface area contributed by atoms with Crippen molar-refractivity contribution in [1.82, 2.24) is 15.3 Å². The van der Waals surface area contributed by atoms with Gasteiger partial charge in [-0.1, -0.05) is 17.7 Å². The highest BCUT2D eigenvalue weighted by Crippen LogP contribution is 2.18. The van der Waals surface area contributed by atoms with Gasteiger partial charge in [0.1, 0.15) is 17.1 Å². The molecule has 0 saturated carbocycles. The quantitative estimate of drug-likeness (QED) is 0.680. The molecule has 0 fully saturated rings. The average molecular weight is 284 g/mol. The van der Waals surface area contributed by atoms with Gasteiger partial charge in [0.05, 0.1) is 11.7 Å². The summed E-state index contributed by atoms with van der Waals surface area (Å²) in [6.07, 6.45) is 3.06. The van der Waals surface area contributed by atoms with E-state index in [1.54, 1.807) is 32.9 Å². The van der Waals surface area contributed by atoms with E-state index in [1.807, 2.05) is 0 Å². The summed E-state index contributed by atoms with van der Waals surface area (Å²) < 4.78 is 5.21. The first-order valence-electron chi connectivity index (χ1n) is 5.89. The lowest BCUT2D eigenvalue weighted by Gasteiger charge is -2.22. The normalized spacial score (nSPS) is 12.6. The molecule has 0 aromatic carbocycles. The molecule has 0 aliphatic heterocycles. The zero-order chi connectivity index (χ0) is 14.5. The molecule has 1 aromatic heterocycles. The van der Waals surface area contributed by atoms with Gasteiger partial charge in [0.15, 0.2) is 0 Å². The van der Waals surface area contributed by atoms with E-state index in [2.05, 4.69) is 21.9 Å². The lowest BCUT2D eigenvalue weighted by atomic mass is 10.1. The van der Waals surface area contributed by atoms with Crippen LogP contribution < -0.4 is 5.32 Å². The Hall–Kier alpha value is -1.62. The van der Waals surface area contributed by atoms with E-state index in [9.17, 15) is 4.79 Å². The maximum absolute atomic E-state index is 11.8. The molecule has 1 aromatic rings. The first-order chi connectivity index (χ1) is 8.81. The lowest BCUT2D eigenvalue weighted by Crippen LogP contribution is -2.35. The number of aromatic nitrogens is 2. The van der Waals surface area contributed by atoms with E-state index < -0.39 is 11.7 Å². The second kappa shape index (κ2) is 6.52. The van der Waals surface area contributed by atoms with Crippen LogP contribution in [0.15, 0.2) is 25.0 Å². The van der Waals surface area contributed by atoms with Crippen molar-refractivity contribution < 1.29 is 9.53 Å². The highest BCUT2D eigenvalue weighted by atomic mass is 35.5. The first kappa shape index (κ1) is 15.4. The van der Waals surface area contributed by atoms with Crippen LogP contribution in [0.4, 0.5) is 4.79 Å². The molecule has 0 radical (unpaired) electrons. The SMILES string of the molecule is C=CCC(NC(=O)OC(C)(C)C)c1cc(Cl)ncn1. The van der Waals surface area contributed by atoms with Crippen LogP contribution in [0.5, 0.6) is 0 Å². The second-order valence-electron chi connectivity index (χ2n) is 4.99. The molecule has 0 bridgehead atoms. The van der Waals surface area contributed by atoms with Gasteiger partial charge in [0.2, 0.25) is 0 Å². The summed E-state index contributed by atoms with van der Waals surface area (Å²) in [4.78, 5) is 19.7. The number of carbonyl (C=O) groups is 1. The Labute approximate surface area is 118 Å². The predicted octanol–water partition coefficient (Wildman–Crippen LogP) is 3.27. The highest BCUT2D eigenvalue weighted by Gasteiger charge is 2.20. The van der Waals surface area contributed by atoms with Crippen LogP contribution in [0, 0.1) is 0 Å². The molecule has 0 aliphatic carbocycles. The van der Waals surface area contributed by atoms with Crippen molar-refractivity contribution in [1.29, 1.82) is 0 Å². The van der Waals surface area contributed by atoms with Crippen molar-refractivity contribution in [2.75, 3.05) is 0 Å². The zero-order valence-electron chi connectivity index (χ0n) is 11.3. The number of nitrogens with one attached hydrogen (secondary N) is 1. The van der Waals surface area contributed by atoms with Gasteiger partial charge < -0.3 is 10.1 Å². The first-order valence-corrected chi connectivity index (χ1v) is 6.27. The number of amides is 1. The van der Waals surface area contributed by atoms with E-state index in [0.29, 0.717) is 17.3 Å². The summed E-state index contributed by atoms with van der Waals surface area (Å²) in [7, 11) is 0. The van der Waals surface area contributed by atoms with Gasteiger partial charge in [0.25, 0.3) is 0 Å². The predicted molar refractivity (Wildman–Crippen MR) is 74.0 cm³/mol. The Morgan fingerprint density at radius 2 is 2.26 bits per heavy atom. The zero-order valence-corrected chi connectivity index (χ0v) is 12.1. The fourth-order valence-electron chi connectivity index (χ4n) is 1.41. The van der Waals surface area contributed by atoms with Crippen molar-refractivity contribution in [3.8, 4) is 0 Å². The fraction of sp³-hybridized carbons (Fsp3) is 0.462. The Morgan fingerprint density at radius 1 is 1.58 bits per heavy atom. The maximum atomic E-state index is 11.8. The summed E-state index contributed by atoms with van der Waals surface area (Å²) in [5.74, 6) is 0. The van der Waals surface area contributed by atoms with E-state index in [4.69, 9.17) is 16.3 Å². The smallest absolute Gasteiger partial charge is 0.408 e. The van der Waals surface area contributed by atoms with Crippen LogP contribution in [0.2, 0.25) is 5.15 Å². The molecule has 1 heterocycles. The molecule has 0 spiro atoms. The van der Waals surface area contributed by atoms with Gasteiger partial charge in [-0.15, -0.1) is 6.58 Å². The minimum absolute atomic E-state index is 0.324. The van der Waals surface area contributed by atoms with Gasteiger partial charge in [0, 0.05) is 0 Å². The molecule has 1 unspecified atom stereocenters. The standard InChI is InChI=1S/C13H18ClN3O2/c1-5-6-9(10-7-11(14)16-8-15-10)17-12(18)19-13(2,3)4/h5,7-9H,1,6H2,2-4H3,(H,17,18). The Balaban J connectivity index is 2.78. The average Bonchev–Trinajstić information content (AvgIpc) is 2.26. The van der Waals surface area contributed by atoms with Crippen LogP contribution in [0.1, 0.15) is 38.9 Å². The number of ether oxygens (including phenoxy) is 1. The van der Waals surface area contributed by atoms with Crippen molar-refractivity contribution in [2.24, 2.45) is 0 Å². The third kappa shape index (κ3) is 5.70. The summed E-state index contributed by atoms with van der Waals surface area (Å²) in [5, 5.41) is 3.06. The largest absolute Gasteiger partial charge is 0.444 e. The van der Waals surface area contributed by atoms with Gasteiger partial charge >= 0.3 is 6.09 Å². The third-order valence-electron chi connectivity index (χ3n) is 2.11. The molecule has 1 amide bonds. The molecule has 19 heavy (non-hydrogen) atoms. The van der Waals surface area contributed by atoms with Gasteiger partial charge in [-0.25, -0.2) is 14.8 Å². The Bertz CT molecular complexity index is 457. The minimum atomic E-state index is -0.549. The molecule has 104 valence electrons. The fourth-order valence-corrected chi connectivity index (χ4v) is 1.56. The number of hydrogen-bond donors (Lipinski definition) is 1. The van der Waals surface area contributed by atoms with Crippen molar-refractivity contribution in [2.45, 2.75) is 38.8 Å². The van der Waals surface area contributed by atoms with Crippen molar-refractivity contribution >= 4 is 17.7 Å². The molecule has 1 rings (SSSR count). The molecule has 0 saturated heterocycles. The number of halogens is 1. The monoisotopic (exact) mass is 283 g/mol. The minimum Gasteiger partial charge on any atom is -0.444 e. The molecule has 6 heteroatoms. The number of rotatable bonds is 4. The number of nitrogens with zero attached hydrogens (tertiary/aromatic N) is 2. The summed E-state index contributed by atoms with van der Waals surface area (Å²) in [5.41, 5.74) is 0.0670. The van der Waals surface area contributed by atoms with Gasteiger partial charge in [-0.2, -0.15) is 0 Å². The summed E-state index contributed by atoms with van der Waals surface area (Å²) in [6.45, 7) is 9.07. The third-order valence-corrected chi connectivity index (χ3v) is 2.31. The van der Waals surface area contributed by atoms with Crippen LogP contribution in [0.3, 0.4) is 0 Å². The Morgan fingerprint density at radius 3 is 2.79 bits per heavy atom. The Kier molecular flexibility index (Phi) is 5.30. The topological polar surface area (TPSA) is 64.1 Å². The summed E-state index contributed by atoms with van der Waals surface area (Å²) in [6, 6.07) is 1.26. The second-order valence-corrected chi connectivity index (χ2v) is 5.38. The van der Waals surface area contributed by atoms with Gasteiger partial charge in [-0.3, -0.25) is 0 Å². The molecule has 1 atom stereocenters. The highest BCUT2D eigenvalue weighted by molar-refractivity contribution is 6.29. The van der Waals surface area contributed by atoms with Crippen LogP contribution in [-0.4, -0.2) is 21.7 Å². The molecular weight excluding hydrogens is 266 g/mol. The molecule has 0 aliphatic rings. The van der Waals surface area contributed by atoms with Crippen LogP contribution >= 0.6 is 11.6 Å². The maximum Gasteiger partial charge on any atom is 0.408 e. The summed E-state index contributed by atoms with van der Waals surface area (Å²) >= 11 is 5.81. The van der Waals surface area contributed by atoms with Gasteiger partial charge in [-0.05, 0) is 33.3 Å². The number of hydrogen-bond acceptors (Lipinski definition) is 4. The molecular formula is C13H18ClN3O2. The number of carbonyl (C=O) groups excluding carboxylic acids is 1.